The number of amides is 3. The largest absolute Gasteiger partial charge is 0.369 e. The summed E-state index contributed by atoms with van der Waals surface area (Å²) < 4.78 is 0. The molecule has 3 rings (SSSR count). The first-order valence-corrected chi connectivity index (χ1v) is 10.1. The fourth-order valence-electron chi connectivity index (χ4n) is 3.05. The van der Waals surface area contributed by atoms with E-state index in [0.29, 0.717) is 28.7 Å². The van der Waals surface area contributed by atoms with E-state index in [0.717, 1.165) is 26.2 Å². The Labute approximate surface area is 179 Å². The maximum Gasteiger partial charge on any atom is 0.337 e. The molecule has 0 aromatic heterocycles. The lowest BCUT2D eigenvalue weighted by Crippen LogP contribution is -2.48. The molecular weight excluding hydrogens is 413 g/mol. The number of hydrazine groups is 1. The minimum Gasteiger partial charge on any atom is -0.369 e. The Hall–Kier alpha value is -2.48. The average Bonchev–Trinajstić information content (AvgIpc) is 2.74. The van der Waals surface area contributed by atoms with E-state index in [1.54, 1.807) is 12.1 Å². The van der Waals surface area contributed by atoms with Crippen LogP contribution in [0.5, 0.6) is 0 Å². The summed E-state index contributed by atoms with van der Waals surface area (Å²) in [5.41, 5.74) is 6.43. The summed E-state index contributed by atoms with van der Waals surface area (Å²) in [5, 5.41) is 3.30. The van der Waals surface area contributed by atoms with Crippen molar-refractivity contribution >= 4 is 46.5 Å². The van der Waals surface area contributed by atoms with E-state index in [1.807, 2.05) is 18.2 Å². The monoisotopic (exact) mass is 435 g/mol. The third-order valence-corrected chi connectivity index (χ3v) is 5.38. The van der Waals surface area contributed by atoms with E-state index in [2.05, 4.69) is 38.1 Å². The van der Waals surface area contributed by atoms with Gasteiger partial charge < -0.3 is 10.2 Å². The quantitative estimate of drug-likeness (QED) is 0.629. The van der Waals surface area contributed by atoms with Gasteiger partial charge in [-0.2, -0.15) is 0 Å². The van der Waals surface area contributed by atoms with Crippen LogP contribution >= 0.6 is 23.2 Å². The first-order chi connectivity index (χ1) is 14.0. The minimum absolute atomic E-state index is 0.250. The first-order valence-electron chi connectivity index (χ1n) is 9.34. The van der Waals surface area contributed by atoms with Crippen molar-refractivity contribution in [2.75, 3.05) is 42.9 Å². The van der Waals surface area contributed by atoms with Crippen LogP contribution in [0.1, 0.15) is 6.42 Å². The van der Waals surface area contributed by atoms with E-state index < -0.39 is 6.03 Å². The third-order valence-electron chi connectivity index (χ3n) is 4.64. The number of nitrogens with one attached hydrogen (secondary N) is 3. The molecule has 1 heterocycles. The van der Waals surface area contributed by atoms with Crippen LogP contribution in [0.4, 0.5) is 16.2 Å². The molecule has 0 saturated carbocycles. The molecule has 0 bridgehead atoms. The highest BCUT2D eigenvalue weighted by Gasteiger charge is 2.17. The van der Waals surface area contributed by atoms with E-state index in [1.165, 1.54) is 11.8 Å². The van der Waals surface area contributed by atoms with Gasteiger partial charge in [0.15, 0.2) is 0 Å². The molecule has 1 aliphatic heterocycles. The van der Waals surface area contributed by atoms with Crippen molar-refractivity contribution in [1.29, 1.82) is 0 Å². The molecular formula is C20H23Cl2N5O2. The van der Waals surface area contributed by atoms with E-state index >= 15 is 0 Å². The molecule has 3 amide bonds. The lowest BCUT2D eigenvalue weighted by atomic mass is 10.2. The summed E-state index contributed by atoms with van der Waals surface area (Å²) in [7, 11) is 0. The summed E-state index contributed by atoms with van der Waals surface area (Å²) in [6.45, 7) is 4.29. The van der Waals surface area contributed by atoms with Gasteiger partial charge in [0.1, 0.15) is 0 Å². The molecule has 2 aromatic carbocycles. The molecule has 2 aromatic rings. The SMILES string of the molecule is O=C(CCN1CCN(c2ccccc2)CC1)NNC(=O)Nc1ccc(Cl)c(Cl)c1. The molecule has 0 atom stereocenters. The summed E-state index contributed by atoms with van der Waals surface area (Å²) in [6.07, 6.45) is 0.304. The molecule has 1 saturated heterocycles. The third kappa shape index (κ3) is 6.52. The smallest absolute Gasteiger partial charge is 0.337 e. The van der Waals surface area contributed by atoms with Crippen LogP contribution in [0, 0.1) is 0 Å². The Morgan fingerprint density at radius 2 is 1.62 bits per heavy atom. The number of carbonyl (C=O) groups is 2. The molecule has 0 aliphatic carbocycles. The fourth-order valence-corrected chi connectivity index (χ4v) is 3.35. The zero-order valence-electron chi connectivity index (χ0n) is 15.8. The lowest BCUT2D eigenvalue weighted by molar-refractivity contribution is -0.122. The number of nitrogens with zero attached hydrogens (tertiary/aromatic N) is 2. The van der Waals surface area contributed by atoms with Crippen molar-refractivity contribution in [2.45, 2.75) is 6.42 Å². The van der Waals surface area contributed by atoms with Gasteiger partial charge in [0.2, 0.25) is 5.91 Å². The molecule has 7 nitrogen and oxygen atoms in total. The van der Waals surface area contributed by atoms with E-state index in [4.69, 9.17) is 23.2 Å². The fraction of sp³-hybridized carbons (Fsp3) is 0.300. The highest BCUT2D eigenvalue weighted by atomic mass is 35.5. The Morgan fingerprint density at radius 3 is 2.31 bits per heavy atom. The van der Waals surface area contributed by atoms with Crippen LogP contribution in [-0.4, -0.2) is 49.6 Å². The molecule has 9 heteroatoms. The van der Waals surface area contributed by atoms with Crippen LogP contribution in [0.15, 0.2) is 48.5 Å². The molecule has 3 N–H and O–H groups in total. The second-order valence-electron chi connectivity index (χ2n) is 6.67. The normalized spacial score (nSPS) is 14.3. The number of carbonyl (C=O) groups excluding carboxylic acids is 2. The van der Waals surface area contributed by atoms with Gasteiger partial charge in [-0.15, -0.1) is 0 Å². The van der Waals surface area contributed by atoms with Crippen LogP contribution in [0.3, 0.4) is 0 Å². The highest BCUT2D eigenvalue weighted by Crippen LogP contribution is 2.24. The van der Waals surface area contributed by atoms with Crippen molar-refractivity contribution in [3.05, 3.63) is 58.6 Å². The van der Waals surface area contributed by atoms with Crippen LogP contribution in [0.25, 0.3) is 0 Å². The number of hydrogen-bond donors (Lipinski definition) is 3. The maximum atomic E-state index is 12.0. The number of rotatable bonds is 5. The number of benzene rings is 2. The summed E-state index contributed by atoms with van der Waals surface area (Å²) >= 11 is 11.7. The number of halogens is 2. The molecule has 1 fully saturated rings. The summed E-state index contributed by atoms with van der Waals surface area (Å²) in [6, 6.07) is 14.5. The molecule has 0 unspecified atom stereocenters. The topological polar surface area (TPSA) is 76.7 Å². The Morgan fingerprint density at radius 1 is 0.897 bits per heavy atom. The number of hydrogen-bond acceptors (Lipinski definition) is 4. The van der Waals surface area contributed by atoms with Crippen molar-refractivity contribution in [3.8, 4) is 0 Å². The van der Waals surface area contributed by atoms with Gasteiger partial charge in [0.05, 0.1) is 10.0 Å². The summed E-state index contributed by atoms with van der Waals surface area (Å²) in [4.78, 5) is 28.4. The van der Waals surface area contributed by atoms with Crippen molar-refractivity contribution in [1.82, 2.24) is 15.8 Å². The minimum atomic E-state index is -0.562. The first kappa shape index (κ1) is 21.2. The second-order valence-corrected chi connectivity index (χ2v) is 7.48. The Balaban J connectivity index is 1.33. The second kappa shape index (κ2) is 10.3. The molecule has 29 heavy (non-hydrogen) atoms. The van der Waals surface area contributed by atoms with E-state index in [-0.39, 0.29) is 5.91 Å². The van der Waals surface area contributed by atoms with Crippen molar-refractivity contribution in [3.63, 3.8) is 0 Å². The van der Waals surface area contributed by atoms with Gasteiger partial charge in [-0.3, -0.25) is 15.1 Å². The standard InChI is InChI=1S/C20H23Cl2N5O2/c21-17-7-6-15(14-18(17)22)23-20(29)25-24-19(28)8-9-26-10-12-27(13-11-26)16-4-2-1-3-5-16/h1-7,14H,8-13H2,(H,24,28)(H2,23,25,29). The van der Waals surface area contributed by atoms with Crippen LogP contribution in [0.2, 0.25) is 10.0 Å². The zero-order chi connectivity index (χ0) is 20.6. The average molecular weight is 436 g/mol. The predicted octanol–water partition coefficient (Wildman–Crippen LogP) is 3.36. The van der Waals surface area contributed by atoms with Gasteiger partial charge in [0, 0.05) is 50.5 Å². The number of piperazine rings is 1. The lowest BCUT2D eigenvalue weighted by Gasteiger charge is -2.36. The van der Waals surface area contributed by atoms with E-state index in [9.17, 15) is 9.59 Å². The highest BCUT2D eigenvalue weighted by molar-refractivity contribution is 6.42. The van der Waals surface area contributed by atoms with Gasteiger partial charge in [0.25, 0.3) is 0 Å². The summed E-state index contributed by atoms with van der Waals surface area (Å²) in [5.74, 6) is -0.250. The molecule has 1 aliphatic rings. The van der Waals surface area contributed by atoms with Crippen molar-refractivity contribution in [2.24, 2.45) is 0 Å². The number of urea groups is 1. The maximum absolute atomic E-state index is 12.0. The van der Waals surface area contributed by atoms with Gasteiger partial charge >= 0.3 is 6.03 Å². The zero-order valence-corrected chi connectivity index (χ0v) is 17.3. The molecule has 0 spiro atoms. The van der Waals surface area contributed by atoms with Gasteiger partial charge in [-0.1, -0.05) is 41.4 Å². The number of para-hydroxylation sites is 1. The van der Waals surface area contributed by atoms with Crippen LogP contribution in [-0.2, 0) is 4.79 Å². The van der Waals surface area contributed by atoms with Gasteiger partial charge in [-0.25, -0.2) is 10.2 Å². The Bertz CT molecular complexity index is 842. The van der Waals surface area contributed by atoms with Crippen molar-refractivity contribution < 1.29 is 9.59 Å². The number of anilines is 2. The molecule has 0 radical (unpaired) electrons. The Kier molecular flexibility index (Phi) is 7.57. The molecule has 154 valence electrons. The van der Waals surface area contributed by atoms with Crippen LogP contribution < -0.4 is 21.1 Å². The predicted molar refractivity (Wildman–Crippen MR) is 116 cm³/mol. The van der Waals surface area contributed by atoms with Gasteiger partial charge in [-0.05, 0) is 30.3 Å².